The van der Waals surface area contributed by atoms with Gasteiger partial charge in [0, 0.05) is 18.6 Å². The Bertz CT molecular complexity index is 197. The topological polar surface area (TPSA) is 6.48 Å². The largest absolute Gasteiger partial charge is 0.300 e. The molecule has 1 saturated heterocycles. The Labute approximate surface area is 102 Å². The van der Waals surface area contributed by atoms with Gasteiger partial charge in [-0.05, 0) is 38.9 Å². The molecule has 1 atom stereocenters. The van der Waals surface area contributed by atoms with E-state index in [1.807, 2.05) is 0 Å². The van der Waals surface area contributed by atoms with Crippen LogP contribution in [-0.2, 0) is 0 Å². The van der Waals surface area contributed by atoms with Crippen molar-refractivity contribution in [2.75, 3.05) is 32.7 Å². The second-order valence-electron chi connectivity index (χ2n) is 5.68. The zero-order chi connectivity index (χ0) is 12.2. The summed E-state index contributed by atoms with van der Waals surface area (Å²) in [6.07, 6.45) is 2.67. The van der Waals surface area contributed by atoms with Crippen LogP contribution in [0.25, 0.3) is 0 Å². The van der Waals surface area contributed by atoms with Crippen LogP contribution in [0, 0.1) is 5.92 Å². The van der Waals surface area contributed by atoms with E-state index in [1.165, 1.54) is 45.6 Å². The van der Waals surface area contributed by atoms with Crippen LogP contribution in [0.3, 0.4) is 0 Å². The molecule has 0 amide bonds. The Morgan fingerprint density at radius 3 is 2.31 bits per heavy atom. The summed E-state index contributed by atoms with van der Waals surface area (Å²) in [6.45, 7) is 17.9. The number of nitrogens with zero attached hydrogens (tertiary/aromatic N) is 2. The molecule has 0 aliphatic carbocycles. The van der Waals surface area contributed by atoms with Gasteiger partial charge < -0.3 is 0 Å². The van der Waals surface area contributed by atoms with E-state index < -0.39 is 0 Å². The van der Waals surface area contributed by atoms with Gasteiger partial charge >= 0.3 is 0 Å². The van der Waals surface area contributed by atoms with Crippen molar-refractivity contribution in [3.8, 4) is 0 Å². The quantitative estimate of drug-likeness (QED) is 0.658. The lowest BCUT2D eigenvalue weighted by Gasteiger charge is -2.54. The van der Waals surface area contributed by atoms with E-state index in [-0.39, 0.29) is 0 Å². The molecule has 1 rings (SSSR count). The van der Waals surface area contributed by atoms with Crippen LogP contribution in [0.2, 0.25) is 0 Å². The molecule has 96 valence electrons. The number of likely N-dealkylation sites (N-methyl/N-ethyl adjacent to an activating group) is 2. The monoisotopic (exact) mass is 226 g/mol. The third-order valence-electron chi connectivity index (χ3n) is 4.31. The average molecular weight is 226 g/mol. The van der Waals surface area contributed by atoms with E-state index in [1.54, 1.807) is 0 Å². The second-order valence-corrected chi connectivity index (χ2v) is 5.68. The highest BCUT2D eigenvalue weighted by Crippen LogP contribution is 2.27. The molecule has 0 bridgehead atoms. The third-order valence-corrected chi connectivity index (χ3v) is 4.31. The van der Waals surface area contributed by atoms with Gasteiger partial charge in [-0.25, -0.2) is 0 Å². The van der Waals surface area contributed by atoms with Crippen molar-refractivity contribution in [3.05, 3.63) is 0 Å². The predicted octanol–water partition coefficient (Wildman–Crippen LogP) is 2.84. The van der Waals surface area contributed by atoms with Crippen molar-refractivity contribution in [3.63, 3.8) is 0 Å². The van der Waals surface area contributed by atoms with Gasteiger partial charge in [-0.3, -0.25) is 9.80 Å². The standard InChI is InChI=1S/C14H30N2/c1-6-13(4)9-10-16(8-3)14(5)11-15(7-2)12-14/h13H,6-12H2,1-5H3. The fourth-order valence-electron chi connectivity index (χ4n) is 2.73. The Kier molecular flexibility index (Phi) is 5.26. The summed E-state index contributed by atoms with van der Waals surface area (Å²) in [5, 5.41) is 0. The van der Waals surface area contributed by atoms with Crippen molar-refractivity contribution in [1.82, 2.24) is 9.80 Å². The SMILES string of the molecule is CCC(C)CCN(CC)C1(C)CN(CC)C1. The van der Waals surface area contributed by atoms with Crippen LogP contribution in [0.15, 0.2) is 0 Å². The van der Waals surface area contributed by atoms with Gasteiger partial charge in [-0.1, -0.05) is 34.1 Å². The van der Waals surface area contributed by atoms with Gasteiger partial charge in [0.2, 0.25) is 0 Å². The Morgan fingerprint density at radius 1 is 1.25 bits per heavy atom. The van der Waals surface area contributed by atoms with Gasteiger partial charge in [0.1, 0.15) is 0 Å². The second kappa shape index (κ2) is 6.02. The molecule has 2 heteroatoms. The van der Waals surface area contributed by atoms with Gasteiger partial charge in [0.05, 0.1) is 0 Å². The molecule has 1 unspecified atom stereocenters. The van der Waals surface area contributed by atoms with Crippen molar-refractivity contribution < 1.29 is 0 Å². The normalized spacial score (nSPS) is 22.1. The van der Waals surface area contributed by atoms with E-state index in [4.69, 9.17) is 0 Å². The first-order valence-corrected chi connectivity index (χ1v) is 7.03. The first kappa shape index (κ1) is 14.0. The zero-order valence-electron chi connectivity index (χ0n) is 11.9. The lowest BCUT2D eigenvalue weighted by molar-refractivity contribution is -0.0393. The molecule has 1 fully saturated rings. The van der Waals surface area contributed by atoms with Crippen LogP contribution in [-0.4, -0.2) is 48.1 Å². The summed E-state index contributed by atoms with van der Waals surface area (Å²) in [5.74, 6) is 0.875. The fourth-order valence-corrected chi connectivity index (χ4v) is 2.73. The molecular weight excluding hydrogens is 196 g/mol. The molecule has 16 heavy (non-hydrogen) atoms. The Balaban J connectivity index is 2.37. The molecule has 0 N–H and O–H groups in total. The first-order valence-electron chi connectivity index (χ1n) is 7.03. The molecule has 1 heterocycles. The summed E-state index contributed by atoms with van der Waals surface area (Å²) < 4.78 is 0. The molecular formula is C14H30N2. The molecule has 0 radical (unpaired) electrons. The van der Waals surface area contributed by atoms with Crippen molar-refractivity contribution >= 4 is 0 Å². The van der Waals surface area contributed by atoms with E-state index in [0.717, 1.165) is 5.92 Å². The maximum atomic E-state index is 2.69. The van der Waals surface area contributed by atoms with Crippen LogP contribution >= 0.6 is 0 Å². The molecule has 0 aromatic rings. The minimum Gasteiger partial charge on any atom is -0.300 e. The van der Waals surface area contributed by atoms with Crippen molar-refractivity contribution in [1.29, 1.82) is 0 Å². The summed E-state index contributed by atoms with van der Waals surface area (Å²) in [4.78, 5) is 5.22. The van der Waals surface area contributed by atoms with E-state index in [2.05, 4.69) is 44.4 Å². The van der Waals surface area contributed by atoms with Crippen LogP contribution in [0.1, 0.15) is 47.5 Å². The molecule has 0 saturated carbocycles. The minimum absolute atomic E-state index is 0.457. The van der Waals surface area contributed by atoms with E-state index in [0.29, 0.717) is 5.54 Å². The van der Waals surface area contributed by atoms with Crippen LogP contribution < -0.4 is 0 Å². The molecule has 0 aromatic carbocycles. The predicted molar refractivity (Wildman–Crippen MR) is 71.8 cm³/mol. The third kappa shape index (κ3) is 3.21. The van der Waals surface area contributed by atoms with Gasteiger partial charge in [-0.15, -0.1) is 0 Å². The highest BCUT2D eigenvalue weighted by molar-refractivity contribution is 5.00. The maximum absolute atomic E-state index is 2.69. The average Bonchev–Trinajstić information content (AvgIpc) is 2.25. The van der Waals surface area contributed by atoms with Gasteiger partial charge in [-0.2, -0.15) is 0 Å². The molecule has 0 spiro atoms. The summed E-state index contributed by atoms with van der Waals surface area (Å²) >= 11 is 0. The number of rotatable bonds is 7. The number of hydrogen-bond acceptors (Lipinski definition) is 2. The summed E-state index contributed by atoms with van der Waals surface area (Å²) in [7, 11) is 0. The van der Waals surface area contributed by atoms with Crippen molar-refractivity contribution in [2.24, 2.45) is 5.92 Å². The molecule has 2 nitrogen and oxygen atoms in total. The van der Waals surface area contributed by atoms with E-state index in [9.17, 15) is 0 Å². The Morgan fingerprint density at radius 2 is 1.88 bits per heavy atom. The highest BCUT2D eigenvalue weighted by atomic mass is 15.3. The number of likely N-dealkylation sites (tertiary alicyclic amines) is 1. The first-order chi connectivity index (χ1) is 7.55. The zero-order valence-corrected chi connectivity index (χ0v) is 11.9. The fraction of sp³-hybridized carbons (Fsp3) is 1.00. The van der Waals surface area contributed by atoms with Crippen LogP contribution in [0.4, 0.5) is 0 Å². The Hall–Kier alpha value is -0.0800. The molecule has 0 aromatic heterocycles. The minimum atomic E-state index is 0.457. The highest BCUT2D eigenvalue weighted by Gasteiger charge is 2.41. The van der Waals surface area contributed by atoms with Crippen molar-refractivity contribution in [2.45, 2.75) is 53.0 Å². The maximum Gasteiger partial charge on any atom is 0.0434 e. The molecule has 1 aliphatic heterocycles. The lowest BCUT2D eigenvalue weighted by Crippen LogP contribution is -2.68. The smallest absolute Gasteiger partial charge is 0.0434 e. The lowest BCUT2D eigenvalue weighted by atomic mass is 9.89. The molecule has 1 aliphatic rings. The van der Waals surface area contributed by atoms with E-state index >= 15 is 0 Å². The summed E-state index contributed by atoms with van der Waals surface area (Å²) in [5.41, 5.74) is 0.457. The van der Waals surface area contributed by atoms with Gasteiger partial charge in [0.15, 0.2) is 0 Å². The summed E-state index contributed by atoms with van der Waals surface area (Å²) in [6, 6.07) is 0. The number of hydrogen-bond donors (Lipinski definition) is 0. The van der Waals surface area contributed by atoms with Crippen LogP contribution in [0.5, 0.6) is 0 Å². The van der Waals surface area contributed by atoms with Gasteiger partial charge in [0.25, 0.3) is 0 Å².